The molecule has 1 heterocycles. The van der Waals surface area contributed by atoms with Gasteiger partial charge in [-0.05, 0) is 64.2 Å². The molecule has 0 spiro atoms. The predicted molar refractivity (Wildman–Crippen MR) is 121 cm³/mol. The first kappa shape index (κ1) is 19.6. The van der Waals surface area contributed by atoms with Gasteiger partial charge in [-0.2, -0.15) is 5.10 Å². The number of hydrogen-bond acceptors (Lipinski definition) is 2. The Balaban J connectivity index is 1.62. The van der Waals surface area contributed by atoms with E-state index in [1.807, 2.05) is 23.0 Å². The van der Waals surface area contributed by atoms with Gasteiger partial charge >= 0.3 is 0 Å². The topological polar surface area (TPSA) is 41.9 Å². The second-order valence-corrected chi connectivity index (χ2v) is 8.13. The molecule has 0 fully saturated rings. The molecule has 6 heteroatoms. The molecule has 2 N–H and O–H groups in total. The second-order valence-electron chi connectivity index (χ2n) is 6.86. The lowest BCUT2D eigenvalue weighted by atomic mass is 10.0. The maximum atomic E-state index is 5.42. The summed E-state index contributed by atoms with van der Waals surface area (Å²) in [5.74, 6) is 1.20. The van der Waals surface area contributed by atoms with Crippen LogP contribution in [0.15, 0.2) is 59.2 Å². The molecule has 0 aliphatic heterocycles. The molecule has 3 rings (SSSR count). The summed E-state index contributed by atoms with van der Waals surface area (Å²) < 4.78 is 2.76. The van der Waals surface area contributed by atoms with Gasteiger partial charge < -0.3 is 10.6 Å². The minimum atomic E-state index is 0.508. The largest absolute Gasteiger partial charge is 0.332 e. The van der Waals surface area contributed by atoms with E-state index in [1.165, 1.54) is 16.7 Å². The fraction of sp³-hybridized carbons (Fsp3) is 0.238. The van der Waals surface area contributed by atoms with E-state index in [1.54, 1.807) is 0 Å². The summed E-state index contributed by atoms with van der Waals surface area (Å²) in [6.45, 7) is 7.15. The molecule has 0 unspecified atom stereocenters. The summed E-state index contributed by atoms with van der Waals surface area (Å²) in [5.41, 5.74) is 4.71. The van der Waals surface area contributed by atoms with Crippen LogP contribution in [0.5, 0.6) is 0 Å². The molecular weight excluding hydrogens is 420 g/mol. The van der Waals surface area contributed by atoms with E-state index in [0.717, 1.165) is 10.2 Å². The first-order chi connectivity index (χ1) is 12.9. The summed E-state index contributed by atoms with van der Waals surface area (Å²) in [5, 5.41) is 11.4. The number of halogens is 1. The number of aryl methyl sites for hydroxylation is 1. The molecule has 0 radical (unpaired) electrons. The van der Waals surface area contributed by atoms with Crippen molar-refractivity contribution in [1.82, 2.24) is 9.78 Å². The Bertz CT molecular complexity index is 914. The van der Waals surface area contributed by atoms with Gasteiger partial charge in [0.2, 0.25) is 0 Å². The van der Waals surface area contributed by atoms with Crippen LogP contribution in [0.2, 0.25) is 0 Å². The van der Waals surface area contributed by atoms with Crippen LogP contribution in [0.3, 0.4) is 0 Å². The molecule has 1 aromatic heterocycles. The first-order valence-electron chi connectivity index (χ1n) is 8.87. The zero-order chi connectivity index (χ0) is 19.4. The van der Waals surface area contributed by atoms with E-state index < -0.39 is 0 Å². The van der Waals surface area contributed by atoms with E-state index in [-0.39, 0.29) is 0 Å². The molecule has 0 saturated heterocycles. The standard InChI is InChI=1S/C21H23BrN4S/c1-14(2)17-8-10-18(11-9-17)23-21(27)24-20-19(22)13-26(25-20)12-16-6-4-15(3)5-7-16/h4-11,13-14H,12H2,1-3H3,(H2,23,24,25,27). The van der Waals surface area contributed by atoms with Crippen molar-refractivity contribution in [2.75, 3.05) is 10.6 Å². The third-order valence-corrected chi connectivity index (χ3v) is 5.03. The van der Waals surface area contributed by atoms with E-state index >= 15 is 0 Å². The van der Waals surface area contributed by atoms with Crippen LogP contribution in [0.25, 0.3) is 0 Å². The van der Waals surface area contributed by atoms with Crippen LogP contribution in [0, 0.1) is 6.92 Å². The zero-order valence-corrected chi connectivity index (χ0v) is 18.1. The molecule has 0 amide bonds. The quantitative estimate of drug-likeness (QED) is 0.480. The second kappa shape index (κ2) is 8.67. The maximum Gasteiger partial charge on any atom is 0.176 e. The smallest absolute Gasteiger partial charge is 0.176 e. The van der Waals surface area contributed by atoms with E-state index in [0.29, 0.717) is 23.4 Å². The summed E-state index contributed by atoms with van der Waals surface area (Å²) in [6.07, 6.45) is 1.95. The highest BCUT2D eigenvalue weighted by atomic mass is 79.9. The molecule has 0 aliphatic rings. The molecule has 140 valence electrons. The molecule has 0 aliphatic carbocycles. The van der Waals surface area contributed by atoms with Gasteiger partial charge in [-0.1, -0.05) is 55.8 Å². The van der Waals surface area contributed by atoms with Crippen molar-refractivity contribution >= 4 is 44.8 Å². The summed E-state index contributed by atoms with van der Waals surface area (Å²) in [7, 11) is 0. The number of nitrogens with zero attached hydrogens (tertiary/aromatic N) is 2. The Hall–Kier alpha value is -2.18. The lowest BCUT2D eigenvalue weighted by Crippen LogP contribution is -2.19. The Morgan fingerprint density at radius 1 is 1.07 bits per heavy atom. The van der Waals surface area contributed by atoms with Crippen molar-refractivity contribution < 1.29 is 0 Å². The maximum absolute atomic E-state index is 5.42. The van der Waals surface area contributed by atoms with Gasteiger partial charge in [-0.3, -0.25) is 4.68 Å². The highest BCUT2D eigenvalue weighted by Gasteiger charge is 2.09. The van der Waals surface area contributed by atoms with Crippen LogP contribution in [0.1, 0.15) is 36.5 Å². The molecule has 0 atom stereocenters. The van der Waals surface area contributed by atoms with Gasteiger partial charge in [0, 0.05) is 11.9 Å². The predicted octanol–water partition coefficient (Wildman–Crippen LogP) is 5.93. The third-order valence-electron chi connectivity index (χ3n) is 4.25. The number of nitrogens with one attached hydrogen (secondary N) is 2. The monoisotopic (exact) mass is 442 g/mol. The van der Waals surface area contributed by atoms with Crippen molar-refractivity contribution in [1.29, 1.82) is 0 Å². The zero-order valence-electron chi connectivity index (χ0n) is 15.7. The number of hydrogen-bond donors (Lipinski definition) is 2. The van der Waals surface area contributed by atoms with Crippen molar-refractivity contribution in [2.24, 2.45) is 0 Å². The first-order valence-corrected chi connectivity index (χ1v) is 10.1. The number of thiocarbonyl (C=S) groups is 1. The lowest BCUT2D eigenvalue weighted by Gasteiger charge is -2.11. The highest BCUT2D eigenvalue weighted by molar-refractivity contribution is 9.10. The van der Waals surface area contributed by atoms with Gasteiger partial charge in [0.05, 0.1) is 11.0 Å². The van der Waals surface area contributed by atoms with Crippen LogP contribution in [-0.4, -0.2) is 14.9 Å². The number of anilines is 2. The Morgan fingerprint density at radius 2 is 1.74 bits per heavy atom. The SMILES string of the molecule is Cc1ccc(Cn2cc(Br)c(NC(=S)Nc3ccc(C(C)C)cc3)n2)cc1. The Morgan fingerprint density at radius 3 is 2.37 bits per heavy atom. The molecule has 3 aromatic rings. The van der Waals surface area contributed by atoms with Crippen LogP contribution in [-0.2, 0) is 6.54 Å². The minimum absolute atomic E-state index is 0.508. The van der Waals surface area contributed by atoms with Gasteiger partial charge in [-0.15, -0.1) is 0 Å². The molecular formula is C21H23BrN4S. The normalized spacial score (nSPS) is 10.9. The summed E-state index contributed by atoms with van der Waals surface area (Å²) in [4.78, 5) is 0. The Kier molecular flexibility index (Phi) is 6.29. The van der Waals surface area contributed by atoms with Gasteiger partial charge in [0.25, 0.3) is 0 Å². The fourth-order valence-corrected chi connectivity index (χ4v) is 3.29. The van der Waals surface area contributed by atoms with Gasteiger partial charge in [-0.25, -0.2) is 0 Å². The van der Waals surface area contributed by atoms with Crippen LogP contribution in [0.4, 0.5) is 11.5 Å². The molecule has 4 nitrogen and oxygen atoms in total. The average molecular weight is 443 g/mol. The minimum Gasteiger partial charge on any atom is -0.332 e. The van der Waals surface area contributed by atoms with Crippen LogP contribution < -0.4 is 10.6 Å². The van der Waals surface area contributed by atoms with Crippen molar-refractivity contribution in [3.63, 3.8) is 0 Å². The Labute approximate surface area is 174 Å². The highest BCUT2D eigenvalue weighted by Crippen LogP contribution is 2.22. The van der Waals surface area contributed by atoms with Gasteiger partial charge in [0.1, 0.15) is 0 Å². The van der Waals surface area contributed by atoms with Crippen molar-refractivity contribution in [3.8, 4) is 0 Å². The lowest BCUT2D eigenvalue weighted by molar-refractivity contribution is 0.689. The summed E-state index contributed by atoms with van der Waals surface area (Å²) in [6, 6.07) is 16.7. The van der Waals surface area contributed by atoms with Gasteiger partial charge in [0.15, 0.2) is 10.9 Å². The van der Waals surface area contributed by atoms with E-state index in [4.69, 9.17) is 12.2 Å². The summed E-state index contributed by atoms with van der Waals surface area (Å²) >= 11 is 8.97. The fourth-order valence-electron chi connectivity index (χ4n) is 2.66. The average Bonchev–Trinajstić information content (AvgIpc) is 2.96. The molecule has 0 bridgehead atoms. The van der Waals surface area contributed by atoms with Crippen molar-refractivity contribution in [2.45, 2.75) is 33.2 Å². The van der Waals surface area contributed by atoms with Crippen LogP contribution >= 0.6 is 28.1 Å². The number of benzene rings is 2. The molecule has 0 saturated carbocycles. The number of rotatable bonds is 5. The molecule has 2 aromatic carbocycles. The van der Waals surface area contributed by atoms with Crippen molar-refractivity contribution in [3.05, 3.63) is 75.9 Å². The van der Waals surface area contributed by atoms with E-state index in [2.05, 4.69) is 88.8 Å². The van der Waals surface area contributed by atoms with E-state index in [9.17, 15) is 0 Å². The number of aromatic nitrogens is 2. The molecule has 27 heavy (non-hydrogen) atoms. The third kappa shape index (κ3) is 5.40.